The van der Waals surface area contributed by atoms with E-state index in [4.69, 9.17) is 16.2 Å². The molecule has 0 saturated carbocycles. The second-order valence-corrected chi connectivity index (χ2v) is 11.8. The number of hydrogen-bond donors (Lipinski definition) is 6. The van der Waals surface area contributed by atoms with Crippen molar-refractivity contribution in [2.45, 2.75) is 77.6 Å². The number of aliphatic carboxylic acids is 1. The third kappa shape index (κ3) is 13.2. The van der Waals surface area contributed by atoms with Crippen LogP contribution < -0.4 is 22.1 Å². The van der Waals surface area contributed by atoms with E-state index >= 15 is 0 Å². The fourth-order valence-electron chi connectivity index (χ4n) is 4.03. The molecule has 0 fully saturated rings. The molecule has 46 heavy (non-hydrogen) atoms. The third-order valence-electron chi connectivity index (χ3n) is 6.27. The zero-order chi connectivity index (χ0) is 35.4. The van der Waals surface area contributed by atoms with Gasteiger partial charge in [0.1, 0.15) is 30.0 Å². The molecule has 1 rings (SSSR count). The Balaban J connectivity index is 3.28. The summed E-state index contributed by atoms with van der Waals surface area (Å²) < 4.78 is 5.18. The van der Waals surface area contributed by atoms with E-state index in [0.29, 0.717) is 5.56 Å². The van der Waals surface area contributed by atoms with E-state index in [9.17, 15) is 44.3 Å². The van der Waals surface area contributed by atoms with Crippen molar-refractivity contribution in [1.82, 2.24) is 20.5 Å². The minimum Gasteiger partial charge on any atom is -0.508 e. The monoisotopic (exact) mass is 652 g/mol. The lowest BCUT2D eigenvalue weighted by atomic mass is 10.00. The van der Waals surface area contributed by atoms with Gasteiger partial charge in [0, 0.05) is 20.0 Å². The van der Waals surface area contributed by atoms with Crippen molar-refractivity contribution in [3.8, 4) is 5.75 Å². The average molecular weight is 653 g/mol. The number of benzene rings is 1. The maximum Gasteiger partial charge on any atom is 0.410 e. The summed E-state index contributed by atoms with van der Waals surface area (Å²) in [5, 5.41) is 35.1. The number of nitro groups is 1. The van der Waals surface area contributed by atoms with Gasteiger partial charge in [0.05, 0.1) is 0 Å². The van der Waals surface area contributed by atoms with Crippen molar-refractivity contribution >= 4 is 35.7 Å². The number of likely N-dealkylation sites (N-methyl/N-ethyl adjacent to an activating group) is 1. The molecule has 18 nitrogen and oxygen atoms in total. The van der Waals surface area contributed by atoms with E-state index in [0.717, 1.165) is 4.90 Å². The number of phenolic OH excluding ortho intramolecular Hbond substituents is 1. The molecule has 1 aromatic rings. The molecule has 0 aliphatic rings. The Labute approximate surface area is 266 Å². The van der Waals surface area contributed by atoms with Crippen LogP contribution in [-0.2, 0) is 30.3 Å². The second-order valence-electron chi connectivity index (χ2n) is 11.8. The fourth-order valence-corrected chi connectivity index (χ4v) is 4.03. The molecule has 4 amide bonds. The SMILES string of the molecule is CC(C)[C@H](NC(=O)[C@H](CCCN=C(N)N)N(C(=O)CN(C)C(=O)OC(C)(C)C)[N+](=O)[O-])C(=O)N[C@@H](Cc1ccc(O)cc1)C(=O)O. The summed E-state index contributed by atoms with van der Waals surface area (Å²) >= 11 is 0. The highest BCUT2D eigenvalue weighted by Crippen LogP contribution is 2.15. The molecule has 8 N–H and O–H groups in total. The van der Waals surface area contributed by atoms with Crippen molar-refractivity contribution in [2.24, 2.45) is 22.4 Å². The van der Waals surface area contributed by atoms with Crippen molar-refractivity contribution in [2.75, 3.05) is 20.1 Å². The van der Waals surface area contributed by atoms with E-state index in [-0.39, 0.29) is 42.5 Å². The van der Waals surface area contributed by atoms with E-state index in [1.165, 1.54) is 31.3 Å². The summed E-state index contributed by atoms with van der Waals surface area (Å²) in [7, 11) is 1.19. The van der Waals surface area contributed by atoms with Crippen molar-refractivity contribution in [3.63, 3.8) is 0 Å². The average Bonchev–Trinajstić information content (AvgIpc) is 2.92. The summed E-state index contributed by atoms with van der Waals surface area (Å²) in [4.78, 5) is 81.0. The maximum atomic E-state index is 13.6. The highest BCUT2D eigenvalue weighted by atomic mass is 16.7. The summed E-state index contributed by atoms with van der Waals surface area (Å²) in [5.74, 6) is -5.51. The fraction of sp³-hybridized carbons (Fsp3) is 0.571. The van der Waals surface area contributed by atoms with Crippen LogP contribution in [0.5, 0.6) is 5.75 Å². The molecule has 0 aromatic heterocycles. The number of hydrazine groups is 1. The molecule has 3 atom stereocenters. The number of rotatable bonds is 16. The number of guanidine groups is 1. The van der Waals surface area contributed by atoms with Gasteiger partial charge in [-0.25, -0.2) is 19.7 Å². The number of carboxylic acids is 1. The predicted octanol–water partition coefficient (Wildman–Crippen LogP) is -0.0457. The molecular formula is C28H44N8O10. The molecule has 18 heteroatoms. The van der Waals surface area contributed by atoms with Crippen molar-refractivity contribution in [3.05, 3.63) is 39.9 Å². The first-order valence-corrected chi connectivity index (χ1v) is 14.3. The Bertz CT molecular complexity index is 1280. The lowest BCUT2D eigenvalue weighted by molar-refractivity contribution is -0.640. The summed E-state index contributed by atoms with van der Waals surface area (Å²) in [6, 6.07) is 1.09. The largest absolute Gasteiger partial charge is 0.508 e. The lowest BCUT2D eigenvalue weighted by Gasteiger charge is -2.29. The van der Waals surface area contributed by atoms with Gasteiger partial charge in [-0.2, -0.15) is 0 Å². The van der Waals surface area contributed by atoms with Gasteiger partial charge in [-0.3, -0.25) is 19.4 Å². The van der Waals surface area contributed by atoms with Crippen LogP contribution in [0.2, 0.25) is 0 Å². The van der Waals surface area contributed by atoms with Crippen molar-refractivity contribution in [1.29, 1.82) is 0 Å². The Kier molecular flexibility index (Phi) is 14.7. The van der Waals surface area contributed by atoms with Crippen LogP contribution in [0, 0.1) is 16.0 Å². The van der Waals surface area contributed by atoms with Crippen LogP contribution >= 0.6 is 0 Å². The molecule has 0 aliphatic carbocycles. The summed E-state index contributed by atoms with van der Waals surface area (Å²) in [6.07, 6.45) is -1.41. The number of nitrogens with one attached hydrogen (secondary N) is 2. The van der Waals surface area contributed by atoms with Gasteiger partial charge in [-0.05, 0) is 62.2 Å². The normalized spacial score (nSPS) is 13.0. The maximum absolute atomic E-state index is 13.6. The number of aromatic hydroxyl groups is 1. The van der Waals surface area contributed by atoms with Gasteiger partial charge in [0.2, 0.25) is 11.8 Å². The first-order chi connectivity index (χ1) is 21.2. The second kappa shape index (κ2) is 17.4. The quantitative estimate of drug-likeness (QED) is 0.0451. The van der Waals surface area contributed by atoms with Gasteiger partial charge in [-0.15, -0.1) is 0 Å². The number of nitrogens with zero attached hydrogens (tertiary/aromatic N) is 4. The van der Waals surface area contributed by atoms with Gasteiger partial charge in [-0.1, -0.05) is 26.0 Å². The number of ether oxygens (including phenoxy) is 1. The van der Waals surface area contributed by atoms with Crippen LogP contribution in [-0.4, -0.2) is 105 Å². The Morgan fingerprint density at radius 1 is 1.07 bits per heavy atom. The Morgan fingerprint density at radius 3 is 2.13 bits per heavy atom. The zero-order valence-corrected chi connectivity index (χ0v) is 26.8. The highest BCUT2D eigenvalue weighted by molar-refractivity contribution is 5.93. The Hall–Kier alpha value is -5.16. The highest BCUT2D eigenvalue weighted by Gasteiger charge is 2.41. The van der Waals surface area contributed by atoms with Gasteiger partial charge < -0.3 is 42.0 Å². The number of amides is 4. The summed E-state index contributed by atoms with van der Waals surface area (Å²) in [6.45, 7) is 7.02. The number of carbonyl (C=O) groups excluding carboxylic acids is 4. The molecule has 0 spiro atoms. The lowest BCUT2D eigenvalue weighted by Crippen LogP contribution is -2.60. The zero-order valence-electron chi connectivity index (χ0n) is 26.8. The minimum absolute atomic E-state index is 0.00176. The van der Waals surface area contributed by atoms with Crippen LogP contribution in [0.15, 0.2) is 29.3 Å². The molecule has 256 valence electrons. The molecule has 0 saturated heterocycles. The molecule has 0 radical (unpaired) electrons. The molecule has 0 heterocycles. The first kappa shape index (κ1) is 38.9. The standard InChI is InChI=1S/C28H44N8O10/c1-16(2)22(24(40)32-19(25(41)42)14-17-9-11-18(37)12-10-17)33-23(39)20(8-7-13-31-26(29)30)35(36(44)45)21(38)15-34(6)27(43)46-28(3,4)5/h9-12,16,19-20,22,37H,7-8,13-15H2,1-6H3,(H,32,40)(H,33,39)(H,41,42)(H4,29,30,31)/t19-,20-,22-/m0/s1. The molecule has 0 aliphatic heterocycles. The Morgan fingerprint density at radius 2 is 1.65 bits per heavy atom. The van der Waals surface area contributed by atoms with Crippen molar-refractivity contribution < 1.29 is 44.0 Å². The van der Waals surface area contributed by atoms with Crippen LogP contribution in [0.1, 0.15) is 53.0 Å². The third-order valence-corrected chi connectivity index (χ3v) is 6.27. The molecule has 0 unspecified atom stereocenters. The van der Waals surface area contributed by atoms with Crippen LogP contribution in [0.3, 0.4) is 0 Å². The molecular weight excluding hydrogens is 608 g/mol. The van der Waals surface area contributed by atoms with Gasteiger partial charge in [0.25, 0.3) is 0 Å². The molecule has 0 bridgehead atoms. The predicted molar refractivity (Wildman–Crippen MR) is 165 cm³/mol. The summed E-state index contributed by atoms with van der Waals surface area (Å²) in [5.41, 5.74) is 10.2. The first-order valence-electron chi connectivity index (χ1n) is 14.3. The van der Waals surface area contributed by atoms with Crippen LogP contribution in [0.25, 0.3) is 0 Å². The van der Waals surface area contributed by atoms with Crippen LogP contribution in [0.4, 0.5) is 4.79 Å². The minimum atomic E-state index is -1.79. The topological polar surface area (TPSA) is 273 Å². The van der Waals surface area contributed by atoms with Gasteiger partial charge >= 0.3 is 18.0 Å². The van der Waals surface area contributed by atoms with E-state index < -0.39 is 71.0 Å². The van der Waals surface area contributed by atoms with E-state index in [1.54, 1.807) is 34.6 Å². The van der Waals surface area contributed by atoms with E-state index in [1.807, 2.05) is 0 Å². The van der Waals surface area contributed by atoms with Gasteiger partial charge in [0.15, 0.2) is 17.0 Å². The smallest absolute Gasteiger partial charge is 0.410 e. The number of hydrogen-bond acceptors (Lipinski definition) is 10. The molecule has 1 aromatic carbocycles. The number of aliphatic imine (C=N–C) groups is 1. The van der Waals surface area contributed by atoms with E-state index in [2.05, 4.69) is 15.6 Å². The number of carbonyl (C=O) groups is 5. The number of phenols is 1. The number of carboxylic acid groups (broad SMARTS) is 1. The number of nitrogens with two attached hydrogens (primary N) is 2.